The fourth-order valence-corrected chi connectivity index (χ4v) is 3.30. The normalized spacial score (nSPS) is 15.5. The largest absolute Gasteiger partial charge is 0.312 e. The van der Waals surface area contributed by atoms with Crippen molar-refractivity contribution in [3.63, 3.8) is 0 Å². The van der Waals surface area contributed by atoms with Crippen molar-refractivity contribution in [2.45, 2.75) is 33.2 Å². The quantitative estimate of drug-likeness (QED) is 0.904. The van der Waals surface area contributed by atoms with Crippen LogP contribution in [0.5, 0.6) is 0 Å². The van der Waals surface area contributed by atoms with Crippen molar-refractivity contribution in [1.29, 1.82) is 0 Å². The lowest BCUT2D eigenvalue weighted by atomic mass is 9.99. The first-order valence-electron chi connectivity index (χ1n) is 7.01. The summed E-state index contributed by atoms with van der Waals surface area (Å²) in [6.07, 6.45) is 2.70. The fourth-order valence-electron chi connectivity index (χ4n) is 2.48. The number of hydrogen-bond donors (Lipinski definition) is 1. The smallest absolute Gasteiger partial charge is 0.233 e. The van der Waals surface area contributed by atoms with Gasteiger partial charge in [-0.25, -0.2) is 13.1 Å². The Kier molecular flexibility index (Phi) is 4.80. The summed E-state index contributed by atoms with van der Waals surface area (Å²) in [6.45, 7) is 4.51. The van der Waals surface area contributed by atoms with Crippen LogP contribution in [0.15, 0.2) is 29.7 Å². The molecule has 0 atom stereocenters. The van der Waals surface area contributed by atoms with Gasteiger partial charge in [0.15, 0.2) is 0 Å². The third-order valence-corrected chi connectivity index (χ3v) is 4.63. The molecule has 0 aromatic heterocycles. The van der Waals surface area contributed by atoms with Gasteiger partial charge in [-0.2, -0.15) is 0 Å². The standard InChI is InChI=1S/C15H20N2O3S/c1-3-9-21(19,20)16-11-12-5-7-14-13(10-12)6-8-15(18)17(14)4-2/h3,5,7,9-10,16H,4,6,8,11H2,1-2H3. The number of benzene rings is 1. The number of carbonyl (C=O) groups is 1. The minimum Gasteiger partial charge on any atom is -0.312 e. The minimum atomic E-state index is -3.37. The van der Waals surface area contributed by atoms with Crippen molar-refractivity contribution in [3.8, 4) is 0 Å². The van der Waals surface area contributed by atoms with Crippen LogP contribution in [0.2, 0.25) is 0 Å². The second-order valence-electron chi connectivity index (χ2n) is 4.94. The van der Waals surface area contributed by atoms with Crippen molar-refractivity contribution >= 4 is 21.6 Å². The first-order valence-corrected chi connectivity index (χ1v) is 8.56. The molecule has 0 saturated heterocycles. The molecule has 0 spiro atoms. The van der Waals surface area contributed by atoms with Crippen molar-refractivity contribution in [2.24, 2.45) is 0 Å². The molecule has 1 amide bonds. The summed E-state index contributed by atoms with van der Waals surface area (Å²) < 4.78 is 25.7. The SMILES string of the molecule is CC=CS(=O)(=O)NCc1ccc2c(c1)CCC(=O)N2CC. The molecular formula is C15H20N2O3S. The number of hydrogen-bond acceptors (Lipinski definition) is 3. The molecular weight excluding hydrogens is 288 g/mol. The van der Waals surface area contributed by atoms with Crippen molar-refractivity contribution in [2.75, 3.05) is 11.4 Å². The number of aryl methyl sites for hydroxylation is 1. The third-order valence-electron chi connectivity index (χ3n) is 3.45. The number of nitrogens with zero attached hydrogens (tertiary/aromatic N) is 1. The molecule has 2 rings (SSSR count). The average molecular weight is 308 g/mol. The van der Waals surface area contributed by atoms with E-state index in [-0.39, 0.29) is 12.5 Å². The van der Waals surface area contributed by atoms with E-state index in [1.807, 2.05) is 25.1 Å². The van der Waals surface area contributed by atoms with Gasteiger partial charge < -0.3 is 4.90 Å². The molecule has 0 aliphatic carbocycles. The van der Waals surface area contributed by atoms with Crippen molar-refractivity contribution in [3.05, 3.63) is 40.8 Å². The first-order chi connectivity index (χ1) is 9.96. The second-order valence-corrected chi connectivity index (χ2v) is 6.59. The van der Waals surface area contributed by atoms with Crippen LogP contribution in [0, 0.1) is 0 Å². The zero-order valence-electron chi connectivity index (χ0n) is 12.3. The number of nitrogens with one attached hydrogen (secondary N) is 1. The third kappa shape index (κ3) is 3.71. The minimum absolute atomic E-state index is 0.145. The maximum atomic E-state index is 11.8. The van der Waals surface area contributed by atoms with Crippen LogP contribution in [0.4, 0.5) is 5.69 Å². The number of carbonyl (C=O) groups excluding carboxylic acids is 1. The lowest BCUT2D eigenvalue weighted by Crippen LogP contribution is -2.34. The summed E-state index contributed by atoms with van der Waals surface area (Å²) in [5.41, 5.74) is 2.93. The molecule has 1 aliphatic heterocycles. The summed E-state index contributed by atoms with van der Waals surface area (Å²) >= 11 is 0. The van der Waals surface area contributed by atoms with E-state index in [2.05, 4.69) is 4.72 Å². The predicted octanol–water partition coefficient (Wildman–Crippen LogP) is 1.94. The number of rotatable bonds is 5. The van der Waals surface area contributed by atoms with Gasteiger partial charge in [-0.3, -0.25) is 4.79 Å². The second kappa shape index (κ2) is 6.41. The molecule has 0 fully saturated rings. The highest BCUT2D eigenvalue weighted by Crippen LogP contribution is 2.28. The van der Waals surface area contributed by atoms with E-state index in [1.165, 1.54) is 6.08 Å². The van der Waals surface area contributed by atoms with E-state index in [4.69, 9.17) is 0 Å². The van der Waals surface area contributed by atoms with Gasteiger partial charge in [0.05, 0.1) is 0 Å². The molecule has 1 aliphatic rings. The van der Waals surface area contributed by atoms with E-state index < -0.39 is 10.0 Å². The van der Waals surface area contributed by atoms with Gasteiger partial charge in [-0.1, -0.05) is 18.2 Å². The summed E-state index contributed by atoms with van der Waals surface area (Å²) in [4.78, 5) is 13.6. The maximum Gasteiger partial charge on any atom is 0.233 e. The van der Waals surface area contributed by atoms with Gasteiger partial charge in [0.25, 0.3) is 0 Å². The Hall–Kier alpha value is -1.66. The topological polar surface area (TPSA) is 66.5 Å². The number of fused-ring (bicyclic) bond motifs is 1. The van der Waals surface area contributed by atoms with Crippen LogP contribution < -0.4 is 9.62 Å². The number of anilines is 1. The van der Waals surface area contributed by atoms with Crippen LogP contribution in [-0.4, -0.2) is 20.9 Å². The fraction of sp³-hybridized carbons (Fsp3) is 0.400. The summed E-state index contributed by atoms with van der Waals surface area (Å²) in [6, 6.07) is 5.73. The Morgan fingerprint density at radius 1 is 1.33 bits per heavy atom. The van der Waals surface area contributed by atoms with Crippen LogP contribution in [-0.2, 0) is 27.8 Å². The van der Waals surface area contributed by atoms with E-state index in [1.54, 1.807) is 11.8 Å². The molecule has 5 nitrogen and oxygen atoms in total. The Balaban J connectivity index is 2.17. The van der Waals surface area contributed by atoms with Crippen LogP contribution in [0.25, 0.3) is 0 Å². The lowest BCUT2D eigenvalue weighted by molar-refractivity contribution is -0.118. The van der Waals surface area contributed by atoms with Gasteiger partial charge in [-0.15, -0.1) is 0 Å². The Morgan fingerprint density at radius 2 is 2.10 bits per heavy atom. The van der Waals surface area contributed by atoms with E-state index in [9.17, 15) is 13.2 Å². The summed E-state index contributed by atoms with van der Waals surface area (Å²) in [7, 11) is -3.37. The molecule has 21 heavy (non-hydrogen) atoms. The number of sulfonamides is 1. The first kappa shape index (κ1) is 15.7. The predicted molar refractivity (Wildman–Crippen MR) is 83.4 cm³/mol. The maximum absolute atomic E-state index is 11.8. The monoisotopic (exact) mass is 308 g/mol. The highest BCUT2D eigenvalue weighted by molar-refractivity contribution is 7.92. The van der Waals surface area contributed by atoms with E-state index in [0.29, 0.717) is 19.4 Å². The molecule has 0 radical (unpaired) electrons. The van der Waals surface area contributed by atoms with Gasteiger partial charge in [-0.05, 0) is 37.5 Å². The average Bonchev–Trinajstić information content (AvgIpc) is 2.45. The van der Waals surface area contributed by atoms with Crippen LogP contribution >= 0.6 is 0 Å². The van der Waals surface area contributed by atoms with E-state index in [0.717, 1.165) is 22.2 Å². The van der Waals surface area contributed by atoms with Crippen molar-refractivity contribution < 1.29 is 13.2 Å². The van der Waals surface area contributed by atoms with Gasteiger partial charge >= 0.3 is 0 Å². The van der Waals surface area contributed by atoms with Crippen molar-refractivity contribution in [1.82, 2.24) is 4.72 Å². The molecule has 1 aromatic rings. The highest BCUT2D eigenvalue weighted by atomic mass is 32.2. The summed E-state index contributed by atoms with van der Waals surface area (Å²) in [5, 5.41) is 1.14. The molecule has 0 unspecified atom stereocenters. The van der Waals surface area contributed by atoms with E-state index >= 15 is 0 Å². The number of amides is 1. The van der Waals surface area contributed by atoms with Crippen LogP contribution in [0.1, 0.15) is 31.4 Å². The molecule has 1 aromatic carbocycles. The highest BCUT2D eigenvalue weighted by Gasteiger charge is 2.22. The zero-order chi connectivity index (χ0) is 15.5. The van der Waals surface area contributed by atoms with Gasteiger partial charge in [0.1, 0.15) is 0 Å². The summed E-state index contributed by atoms with van der Waals surface area (Å²) in [5.74, 6) is 0.145. The Morgan fingerprint density at radius 3 is 2.76 bits per heavy atom. The molecule has 0 saturated carbocycles. The van der Waals surface area contributed by atoms with Gasteiger partial charge in [0.2, 0.25) is 15.9 Å². The number of allylic oxidation sites excluding steroid dienone is 1. The molecule has 1 N–H and O–H groups in total. The Bertz CT molecular complexity index is 665. The molecule has 0 bridgehead atoms. The lowest BCUT2D eigenvalue weighted by Gasteiger charge is -2.28. The van der Waals surface area contributed by atoms with Crippen LogP contribution in [0.3, 0.4) is 0 Å². The zero-order valence-corrected chi connectivity index (χ0v) is 13.1. The van der Waals surface area contributed by atoms with Gasteiger partial charge in [0, 0.05) is 30.6 Å². The molecule has 6 heteroatoms. The Labute approximate surface area is 125 Å². The molecule has 114 valence electrons. The molecule has 1 heterocycles.